The molecule has 3 nitrogen and oxygen atoms in total. The van der Waals surface area contributed by atoms with Crippen molar-refractivity contribution in [3.05, 3.63) is 45.9 Å². The van der Waals surface area contributed by atoms with E-state index in [1.807, 2.05) is 0 Å². The number of benzene rings is 1. The number of likely N-dealkylation sites (tertiary alicyclic amines) is 1. The third-order valence-electron chi connectivity index (χ3n) is 4.13. The van der Waals surface area contributed by atoms with Crippen LogP contribution in [0.15, 0.2) is 29.6 Å². The Morgan fingerprint density at radius 1 is 1.33 bits per heavy atom. The molecule has 3 rings (SSSR count). The van der Waals surface area contributed by atoms with E-state index in [2.05, 4.69) is 41.5 Å². The van der Waals surface area contributed by atoms with Crippen molar-refractivity contribution in [2.45, 2.75) is 38.8 Å². The summed E-state index contributed by atoms with van der Waals surface area (Å²) in [5, 5.41) is 3.45. The summed E-state index contributed by atoms with van der Waals surface area (Å²) in [7, 11) is 1.71. The Morgan fingerprint density at radius 3 is 2.81 bits per heavy atom. The Balaban J connectivity index is 1.72. The molecule has 2 heterocycles. The second-order valence-electron chi connectivity index (χ2n) is 5.49. The molecule has 1 aliphatic rings. The van der Waals surface area contributed by atoms with Gasteiger partial charge in [0.25, 0.3) is 0 Å². The van der Waals surface area contributed by atoms with Crippen LogP contribution < -0.4 is 4.74 Å². The third-order valence-corrected chi connectivity index (χ3v) is 5.17. The van der Waals surface area contributed by atoms with E-state index in [4.69, 9.17) is 9.72 Å². The van der Waals surface area contributed by atoms with Crippen molar-refractivity contribution in [2.24, 2.45) is 0 Å². The van der Waals surface area contributed by atoms with Crippen molar-refractivity contribution in [1.29, 1.82) is 0 Å². The molecule has 0 N–H and O–H groups in total. The summed E-state index contributed by atoms with van der Waals surface area (Å²) in [6.07, 6.45) is 3.53. The summed E-state index contributed by atoms with van der Waals surface area (Å²) in [4.78, 5) is 7.26. The smallest absolute Gasteiger partial charge is 0.118 e. The molecule has 1 saturated heterocycles. The fourth-order valence-electron chi connectivity index (χ4n) is 3.01. The zero-order valence-electron chi connectivity index (χ0n) is 12.7. The quantitative estimate of drug-likeness (QED) is 0.833. The van der Waals surface area contributed by atoms with Crippen LogP contribution in [0.5, 0.6) is 5.75 Å². The van der Waals surface area contributed by atoms with Gasteiger partial charge in [-0.25, -0.2) is 4.98 Å². The Hall–Kier alpha value is -1.39. The number of thiazole rings is 1. The fourth-order valence-corrected chi connectivity index (χ4v) is 3.75. The van der Waals surface area contributed by atoms with Crippen LogP contribution in [-0.2, 0) is 13.0 Å². The summed E-state index contributed by atoms with van der Waals surface area (Å²) in [6, 6.07) is 9.02. The predicted molar refractivity (Wildman–Crippen MR) is 86.9 cm³/mol. The normalized spacial score (nSPS) is 19.0. The number of nitrogens with zero attached hydrogens (tertiary/aromatic N) is 2. The molecule has 0 amide bonds. The van der Waals surface area contributed by atoms with Crippen LogP contribution in [0.3, 0.4) is 0 Å². The van der Waals surface area contributed by atoms with Crippen LogP contribution in [0.2, 0.25) is 0 Å². The van der Waals surface area contributed by atoms with Crippen LogP contribution >= 0.6 is 11.3 Å². The molecule has 1 fully saturated rings. The summed E-state index contributed by atoms with van der Waals surface area (Å²) in [5.74, 6) is 0.926. The van der Waals surface area contributed by atoms with E-state index >= 15 is 0 Å². The van der Waals surface area contributed by atoms with E-state index < -0.39 is 0 Å². The first-order chi connectivity index (χ1) is 10.3. The molecule has 1 aromatic carbocycles. The van der Waals surface area contributed by atoms with E-state index in [0.29, 0.717) is 6.04 Å². The van der Waals surface area contributed by atoms with E-state index in [1.54, 1.807) is 18.4 Å². The number of aromatic nitrogens is 1. The fraction of sp³-hybridized carbons (Fsp3) is 0.471. The number of rotatable bonds is 5. The summed E-state index contributed by atoms with van der Waals surface area (Å²) in [6.45, 7) is 4.29. The van der Waals surface area contributed by atoms with Crippen molar-refractivity contribution >= 4 is 11.3 Å². The SMILES string of the molecule is CCc1nc(CN2CCCC2c2ccc(OC)cc2)cs1. The van der Waals surface area contributed by atoms with Crippen LogP contribution in [0, 0.1) is 0 Å². The van der Waals surface area contributed by atoms with Gasteiger partial charge in [0.1, 0.15) is 5.75 Å². The molecule has 21 heavy (non-hydrogen) atoms. The molecule has 1 aliphatic heterocycles. The maximum absolute atomic E-state index is 5.25. The minimum atomic E-state index is 0.516. The lowest BCUT2D eigenvalue weighted by atomic mass is 10.0. The van der Waals surface area contributed by atoms with Crippen LogP contribution in [-0.4, -0.2) is 23.5 Å². The molecule has 0 spiro atoms. The summed E-state index contributed by atoms with van der Waals surface area (Å²) >= 11 is 1.78. The highest BCUT2D eigenvalue weighted by molar-refractivity contribution is 7.09. The van der Waals surface area contributed by atoms with Crippen LogP contribution in [0.25, 0.3) is 0 Å². The van der Waals surface area contributed by atoms with Gasteiger partial charge in [0.2, 0.25) is 0 Å². The van der Waals surface area contributed by atoms with E-state index in [9.17, 15) is 0 Å². The third kappa shape index (κ3) is 3.27. The first kappa shape index (κ1) is 14.5. The Kier molecular flexibility index (Phi) is 4.56. The standard InChI is InChI=1S/C17H22N2OS/c1-3-17-18-14(12-21-17)11-19-10-4-5-16(19)13-6-8-15(20-2)9-7-13/h6-9,12,16H,3-5,10-11H2,1-2H3. The average Bonchev–Trinajstić information content (AvgIpc) is 3.17. The minimum Gasteiger partial charge on any atom is -0.497 e. The molecule has 0 aliphatic carbocycles. The van der Waals surface area contributed by atoms with E-state index in [-0.39, 0.29) is 0 Å². The molecule has 2 aromatic rings. The van der Waals surface area contributed by atoms with Crippen molar-refractivity contribution in [3.8, 4) is 5.75 Å². The first-order valence-electron chi connectivity index (χ1n) is 7.61. The molecule has 1 aromatic heterocycles. The van der Waals surface area contributed by atoms with Crippen molar-refractivity contribution < 1.29 is 4.74 Å². The van der Waals surface area contributed by atoms with Crippen molar-refractivity contribution in [2.75, 3.05) is 13.7 Å². The summed E-state index contributed by atoms with van der Waals surface area (Å²) in [5.41, 5.74) is 2.61. The van der Waals surface area contributed by atoms with Gasteiger partial charge in [0.15, 0.2) is 0 Å². The van der Waals surface area contributed by atoms with Gasteiger partial charge in [0, 0.05) is 18.0 Å². The predicted octanol–water partition coefficient (Wildman–Crippen LogP) is 4.05. The Morgan fingerprint density at radius 2 is 2.14 bits per heavy atom. The van der Waals surface area contributed by atoms with E-state index in [1.165, 1.54) is 29.1 Å². The van der Waals surface area contributed by atoms with Crippen LogP contribution in [0.4, 0.5) is 0 Å². The largest absolute Gasteiger partial charge is 0.497 e. The molecular formula is C17H22N2OS. The number of aryl methyl sites for hydroxylation is 1. The lowest BCUT2D eigenvalue weighted by molar-refractivity contribution is 0.246. The lowest BCUT2D eigenvalue weighted by Gasteiger charge is -2.24. The Labute approximate surface area is 130 Å². The maximum atomic E-state index is 5.25. The molecular weight excluding hydrogens is 280 g/mol. The van der Waals surface area contributed by atoms with Crippen molar-refractivity contribution in [3.63, 3.8) is 0 Å². The molecule has 0 bridgehead atoms. The molecule has 0 radical (unpaired) electrons. The highest BCUT2D eigenvalue weighted by Gasteiger charge is 2.26. The first-order valence-corrected chi connectivity index (χ1v) is 8.49. The number of hydrogen-bond donors (Lipinski definition) is 0. The van der Waals surface area contributed by atoms with Gasteiger partial charge in [-0.3, -0.25) is 4.90 Å². The highest BCUT2D eigenvalue weighted by Crippen LogP contribution is 2.34. The molecule has 1 unspecified atom stereocenters. The second kappa shape index (κ2) is 6.58. The van der Waals surface area contributed by atoms with E-state index in [0.717, 1.165) is 25.3 Å². The Bertz CT molecular complexity index is 579. The van der Waals surface area contributed by atoms with Gasteiger partial charge < -0.3 is 4.74 Å². The van der Waals surface area contributed by atoms with Gasteiger partial charge >= 0.3 is 0 Å². The second-order valence-corrected chi connectivity index (χ2v) is 6.43. The van der Waals surface area contributed by atoms with Gasteiger partial charge in [-0.15, -0.1) is 11.3 Å². The van der Waals surface area contributed by atoms with Gasteiger partial charge in [0.05, 0.1) is 17.8 Å². The monoisotopic (exact) mass is 302 g/mol. The van der Waals surface area contributed by atoms with Gasteiger partial charge in [-0.1, -0.05) is 19.1 Å². The zero-order chi connectivity index (χ0) is 14.7. The topological polar surface area (TPSA) is 25.4 Å². The zero-order valence-corrected chi connectivity index (χ0v) is 13.5. The molecule has 0 saturated carbocycles. The minimum absolute atomic E-state index is 0.516. The van der Waals surface area contributed by atoms with Crippen molar-refractivity contribution in [1.82, 2.24) is 9.88 Å². The molecule has 112 valence electrons. The van der Waals surface area contributed by atoms with Crippen LogP contribution in [0.1, 0.15) is 42.1 Å². The summed E-state index contributed by atoms with van der Waals surface area (Å²) < 4.78 is 5.25. The lowest BCUT2D eigenvalue weighted by Crippen LogP contribution is -2.22. The average molecular weight is 302 g/mol. The number of ether oxygens (including phenoxy) is 1. The molecule has 4 heteroatoms. The highest BCUT2D eigenvalue weighted by atomic mass is 32.1. The van der Waals surface area contributed by atoms with Gasteiger partial charge in [-0.05, 0) is 43.5 Å². The number of methoxy groups -OCH3 is 1. The van der Waals surface area contributed by atoms with Gasteiger partial charge in [-0.2, -0.15) is 0 Å². The maximum Gasteiger partial charge on any atom is 0.118 e. The number of hydrogen-bond acceptors (Lipinski definition) is 4. The molecule has 1 atom stereocenters.